The first-order chi connectivity index (χ1) is 7.06. The van der Waals surface area contributed by atoms with Gasteiger partial charge in [-0.2, -0.15) is 0 Å². The van der Waals surface area contributed by atoms with E-state index in [-0.39, 0.29) is 10.6 Å². The fourth-order valence-electron chi connectivity index (χ4n) is 1.36. The molecule has 0 aromatic heterocycles. The van der Waals surface area contributed by atoms with Gasteiger partial charge >= 0.3 is 0 Å². The first-order valence-electron chi connectivity index (χ1n) is 4.86. The number of benzene rings is 1. The number of halogens is 1. The normalized spacial score (nSPS) is 14.6. The summed E-state index contributed by atoms with van der Waals surface area (Å²) in [6.07, 6.45) is 0. The van der Waals surface area contributed by atoms with Crippen molar-refractivity contribution >= 4 is 21.6 Å². The highest BCUT2D eigenvalue weighted by Gasteiger charge is 2.14. The average molecular weight is 272 g/mol. The van der Waals surface area contributed by atoms with E-state index >= 15 is 0 Å². The lowest BCUT2D eigenvalue weighted by molar-refractivity contribution is -0.384. The Balaban J connectivity index is 2.84. The summed E-state index contributed by atoms with van der Waals surface area (Å²) in [7, 11) is 0. The molecule has 1 aromatic rings. The van der Waals surface area contributed by atoms with Gasteiger partial charge in [-0.05, 0) is 17.4 Å². The predicted molar refractivity (Wildman–Crippen MR) is 64.5 cm³/mol. The minimum absolute atomic E-state index is 0.150. The Morgan fingerprint density at radius 1 is 1.33 bits per heavy atom. The van der Waals surface area contributed by atoms with Crippen LogP contribution in [0.3, 0.4) is 0 Å². The molecule has 4 heteroatoms. The number of hydrogen-bond donors (Lipinski definition) is 0. The zero-order valence-corrected chi connectivity index (χ0v) is 10.4. The van der Waals surface area contributed by atoms with Crippen LogP contribution in [0.5, 0.6) is 0 Å². The zero-order chi connectivity index (χ0) is 11.4. The molecular formula is C11H14BrNO2. The van der Waals surface area contributed by atoms with Crippen molar-refractivity contribution in [2.24, 2.45) is 5.92 Å². The van der Waals surface area contributed by atoms with Crippen molar-refractivity contribution in [2.45, 2.75) is 19.8 Å². The van der Waals surface area contributed by atoms with E-state index in [0.29, 0.717) is 11.8 Å². The van der Waals surface area contributed by atoms with Crippen molar-refractivity contribution in [2.75, 3.05) is 5.33 Å². The molecule has 1 aromatic carbocycles. The first kappa shape index (κ1) is 12.2. The molecule has 0 spiro atoms. The molecule has 3 nitrogen and oxygen atoms in total. The number of hydrogen-bond acceptors (Lipinski definition) is 2. The summed E-state index contributed by atoms with van der Waals surface area (Å²) in [6, 6.07) is 6.80. The Bertz CT molecular complexity index is 337. The molecule has 82 valence electrons. The fourth-order valence-corrected chi connectivity index (χ4v) is 1.92. The second-order valence-corrected chi connectivity index (χ2v) is 4.42. The van der Waals surface area contributed by atoms with Gasteiger partial charge in [-0.3, -0.25) is 10.1 Å². The van der Waals surface area contributed by atoms with Gasteiger partial charge in [0.25, 0.3) is 5.69 Å². The van der Waals surface area contributed by atoms with Crippen LogP contribution in [0.25, 0.3) is 0 Å². The van der Waals surface area contributed by atoms with Crippen LogP contribution in [0.15, 0.2) is 24.3 Å². The molecule has 2 atom stereocenters. The molecule has 2 unspecified atom stereocenters. The van der Waals surface area contributed by atoms with E-state index in [1.165, 1.54) is 0 Å². The Labute approximate surface area is 97.8 Å². The van der Waals surface area contributed by atoms with Crippen molar-refractivity contribution in [1.82, 2.24) is 0 Å². The molecule has 0 aliphatic carbocycles. The average Bonchev–Trinajstić information content (AvgIpc) is 2.27. The number of alkyl halides is 1. The van der Waals surface area contributed by atoms with Crippen LogP contribution in [-0.2, 0) is 0 Å². The van der Waals surface area contributed by atoms with Gasteiger partial charge in [-0.15, -0.1) is 0 Å². The van der Waals surface area contributed by atoms with Crippen molar-refractivity contribution in [3.63, 3.8) is 0 Å². The van der Waals surface area contributed by atoms with E-state index in [2.05, 4.69) is 29.8 Å². The molecule has 0 bridgehead atoms. The highest BCUT2D eigenvalue weighted by Crippen LogP contribution is 2.26. The van der Waals surface area contributed by atoms with E-state index in [0.717, 1.165) is 10.9 Å². The molecule has 0 N–H and O–H groups in total. The van der Waals surface area contributed by atoms with Gasteiger partial charge in [-0.25, -0.2) is 0 Å². The number of non-ortho nitro benzene ring substituents is 1. The van der Waals surface area contributed by atoms with Gasteiger partial charge in [-0.1, -0.05) is 41.9 Å². The third-order valence-corrected chi connectivity index (χ3v) is 3.75. The Kier molecular flexibility index (Phi) is 4.27. The maximum Gasteiger partial charge on any atom is 0.269 e. The largest absolute Gasteiger partial charge is 0.269 e. The van der Waals surface area contributed by atoms with E-state index in [9.17, 15) is 10.1 Å². The standard InChI is InChI=1S/C11H14BrNO2/c1-8(7-12)9(2)10-3-5-11(6-4-10)13(14)15/h3-6,8-9H,7H2,1-2H3. The molecule has 15 heavy (non-hydrogen) atoms. The van der Waals surface area contributed by atoms with Crippen molar-refractivity contribution < 1.29 is 4.92 Å². The highest BCUT2D eigenvalue weighted by molar-refractivity contribution is 9.09. The molecule has 0 radical (unpaired) electrons. The summed E-state index contributed by atoms with van der Waals surface area (Å²) in [5.41, 5.74) is 1.30. The van der Waals surface area contributed by atoms with E-state index in [1.54, 1.807) is 12.1 Å². The van der Waals surface area contributed by atoms with Crippen LogP contribution in [0.2, 0.25) is 0 Å². The lowest BCUT2D eigenvalue weighted by Crippen LogP contribution is -2.07. The topological polar surface area (TPSA) is 43.1 Å². The maximum absolute atomic E-state index is 10.5. The van der Waals surface area contributed by atoms with Crippen LogP contribution >= 0.6 is 15.9 Å². The lowest BCUT2D eigenvalue weighted by Gasteiger charge is -2.17. The molecule has 0 aliphatic heterocycles. The summed E-state index contributed by atoms with van der Waals surface area (Å²) in [4.78, 5) is 10.1. The predicted octanol–water partition coefficient (Wildman–Crippen LogP) is 3.73. The Hall–Kier alpha value is -0.900. The summed E-state index contributed by atoms with van der Waals surface area (Å²) >= 11 is 3.44. The Morgan fingerprint density at radius 2 is 1.87 bits per heavy atom. The maximum atomic E-state index is 10.5. The molecule has 0 fully saturated rings. The highest BCUT2D eigenvalue weighted by atomic mass is 79.9. The molecule has 0 heterocycles. The van der Waals surface area contributed by atoms with Crippen molar-refractivity contribution in [1.29, 1.82) is 0 Å². The summed E-state index contributed by atoms with van der Waals surface area (Å²) in [6.45, 7) is 4.29. The van der Waals surface area contributed by atoms with Crippen molar-refractivity contribution in [3.8, 4) is 0 Å². The van der Waals surface area contributed by atoms with E-state index in [4.69, 9.17) is 0 Å². The third kappa shape index (κ3) is 3.02. The minimum Gasteiger partial charge on any atom is -0.258 e. The summed E-state index contributed by atoms with van der Waals surface area (Å²) in [5, 5.41) is 11.4. The van der Waals surface area contributed by atoms with Crippen molar-refractivity contribution in [3.05, 3.63) is 39.9 Å². The number of rotatable bonds is 4. The monoisotopic (exact) mass is 271 g/mol. The zero-order valence-electron chi connectivity index (χ0n) is 8.81. The van der Waals surface area contributed by atoms with E-state index in [1.807, 2.05) is 12.1 Å². The van der Waals surface area contributed by atoms with Gasteiger partial charge < -0.3 is 0 Å². The van der Waals surface area contributed by atoms with Crippen LogP contribution < -0.4 is 0 Å². The number of nitrogens with zero attached hydrogens (tertiary/aromatic N) is 1. The first-order valence-corrected chi connectivity index (χ1v) is 5.98. The van der Waals surface area contributed by atoms with Crippen LogP contribution in [0.4, 0.5) is 5.69 Å². The third-order valence-electron chi connectivity index (χ3n) is 2.73. The number of nitro groups is 1. The molecular weight excluding hydrogens is 258 g/mol. The van der Waals surface area contributed by atoms with Gasteiger partial charge in [0.15, 0.2) is 0 Å². The molecule has 0 aliphatic rings. The quantitative estimate of drug-likeness (QED) is 0.476. The number of nitro benzene ring substituents is 1. The SMILES string of the molecule is CC(CBr)C(C)c1ccc([N+](=O)[O-])cc1. The minimum atomic E-state index is -0.373. The lowest BCUT2D eigenvalue weighted by atomic mass is 9.90. The Morgan fingerprint density at radius 3 is 2.27 bits per heavy atom. The van der Waals surface area contributed by atoms with E-state index < -0.39 is 0 Å². The van der Waals surface area contributed by atoms with Gasteiger partial charge in [0.05, 0.1) is 4.92 Å². The van der Waals surface area contributed by atoms with Crippen LogP contribution in [-0.4, -0.2) is 10.3 Å². The van der Waals surface area contributed by atoms with Gasteiger partial charge in [0.1, 0.15) is 0 Å². The smallest absolute Gasteiger partial charge is 0.258 e. The summed E-state index contributed by atoms with van der Waals surface area (Å²) < 4.78 is 0. The van der Waals surface area contributed by atoms with Crippen LogP contribution in [0.1, 0.15) is 25.3 Å². The molecule has 1 rings (SSSR count). The molecule has 0 amide bonds. The second-order valence-electron chi connectivity index (χ2n) is 3.77. The second kappa shape index (κ2) is 5.26. The van der Waals surface area contributed by atoms with Gasteiger partial charge in [0.2, 0.25) is 0 Å². The summed E-state index contributed by atoms with van der Waals surface area (Å²) in [5.74, 6) is 0.927. The fraction of sp³-hybridized carbons (Fsp3) is 0.455. The van der Waals surface area contributed by atoms with Crippen LogP contribution in [0, 0.1) is 16.0 Å². The molecule has 0 saturated carbocycles. The molecule has 0 saturated heterocycles. The van der Waals surface area contributed by atoms with Gasteiger partial charge in [0, 0.05) is 17.5 Å².